The number of nitrogens with one attached hydrogen (secondary N) is 2. The number of hydrogen-bond donors (Lipinski definition) is 3. The molecule has 274 valence electrons. The maximum atomic E-state index is 12.5. The number of halogens is 1. The van der Waals surface area contributed by atoms with Crippen LogP contribution in [0.15, 0.2) is 97.7 Å². The number of fused-ring (bicyclic) bond motifs is 1. The van der Waals surface area contributed by atoms with Gasteiger partial charge in [-0.2, -0.15) is 20.1 Å². The van der Waals surface area contributed by atoms with Crippen molar-refractivity contribution in [1.29, 1.82) is 0 Å². The number of rotatable bonds is 13. The molecule has 20 nitrogen and oxygen atoms in total. The number of anilines is 4. The van der Waals surface area contributed by atoms with Gasteiger partial charge in [-0.3, -0.25) is 4.18 Å². The van der Waals surface area contributed by atoms with E-state index >= 15 is 0 Å². The van der Waals surface area contributed by atoms with Gasteiger partial charge in [-0.05, 0) is 71.6 Å². The van der Waals surface area contributed by atoms with Crippen molar-refractivity contribution >= 4 is 97.5 Å². The normalized spacial score (nSPS) is 12.0. The van der Waals surface area contributed by atoms with Crippen molar-refractivity contribution in [1.82, 2.24) is 15.0 Å². The summed E-state index contributed by atoms with van der Waals surface area (Å²) in [5.74, 6) is -2.47. The largest absolute Gasteiger partial charge is 1.00 e. The van der Waals surface area contributed by atoms with Gasteiger partial charge in [0.1, 0.15) is 25.9 Å². The Hall–Kier alpha value is -1.92. The number of hydrogen-bond acceptors (Lipinski definition) is 20. The number of aromatic nitrogens is 3. The van der Waals surface area contributed by atoms with Crippen LogP contribution < -0.4 is 99.3 Å². The smallest absolute Gasteiger partial charge is 0.744 e. The predicted octanol–water partition coefficient (Wildman–Crippen LogP) is -5.64. The summed E-state index contributed by atoms with van der Waals surface area (Å²) in [4.78, 5) is 9.63. The van der Waals surface area contributed by atoms with Gasteiger partial charge in [0.2, 0.25) is 27.6 Å². The predicted molar refractivity (Wildman–Crippen MR) is 178 cm³/mol. The van der Waals surface area contributed by atoms with E-state index in [1.54, 1.807) is 18.2 Å². The molecule has 0 saturated carbocycles. The van der Waals surface area contributed by atoms with Crippen LogP contribution in [-0.4, -0.2) is 79.7 Å². The Kier molecular flexibility index (Phi) is 17.6. The Balaban J connectivity index is 0.00000348. The third kappa shape index (κ3) is 13.3. The Labute approximate surface area is 384 Å². The van der Waals surface area contributed by atoms with Crippen LogP contribution in [-0.2, 0) is 44.7 Å². The summed E-state index contributed by atoms with van der Waals surface area (Å²) in [7, 11) is -19.8. The van der Waals surface area contributed by atoms with Gasteiger partial charge in [0.25, 0.3) is 0 Å². The van der Waals surface area contributed by atoms with Crippen LogP contribution in [0.3, 0.4) is 0 Å². The van der Waals surface area contributed by atoms with Crippen LogP contribution in [0.1, 0.15) is 0 Å². The van der Waals surface area contributed by atoms with Gasteiger partial charge < -0.3 is 29.4 Å². The quantitative estimate of drug-likeness (QED) is 0.0429. The first-order valence-electron chi connectivity index (χ1n) is 13.8. The van der Waals surface area contributed by atoms with Crippen LogP contribution in [0, 0.1) is 0 Å². The Morgan fingerprint density at radius 2 is 1.33 bits per heavy atom. The molecule has 5 aromatic rings. The SMILES string of the molecule is O=S(=O)([O-])OCCS(=O)(=O)c1ccc(Nc2nc(Cl)nc(Nc3cc(S(=O)(=O)[O-])cc4cc(S(=O)(=O)[O-])c(N=Nc5ccccc5)c(O)c34)n2)cc1.[Na+].[Na+].[Na+]. The molecule has 0 aliphatic carbocycles. The van der Waals surface area contributed by atoms with E-state index in [4.69, 9.17) is 11.6 Å². The maximum Gasteiger partial charge on any atom is 1.00 e. The standard InChI is InChI=1S/C27H22ClN7O13S4.3Na/c28-25-31-26(29-16-6-8-18(9-7-16)49(37,38)11-10-48-52(45,46)47)33-27(32-25)30-20-14-19(50(39,40)41)12-15-13-21(51(42,43)44)23(24(36)22(15)20)35-34-17-4-2-1-3-5-17;;;/h1-9,12-14,36H,10-11H2,(H,39,40,41)(H,42,43,44)(H,45,46,47)(H2,29,30,31,32,33);;;/q;3*+1/p-3. The summed E-state index contributed by atoms with van der Waals surface area (Å²) in [6, 6.07) is 14.8. The van der Waals surface area contributed by atoms with E-state index in [0.29, 0.717) is 6.07 Å². The minimum Gasteiger partial charge on any atom is -0.744 e. The zero-order chi connectivity index (χ0) is 38.1. The molecule has 1 heterocycles. The molecule has 0 amide bonds. The number of phenols is 1. The first kappa shape index (κ1) is 49.2. The van der Waals surface area contributed by atoms with E-state index in [2.05, 4.69) is 40.0 Å². The molecule has 0 fully saturated rings. The number of aromatic hydroxyl groups is 1. The molecule has 4 aromatic carbocycles. The molecular weight excluding hydrogens is 863 g/mol. The number of azo groups is 1. The second-order valence-corrected chi connectivity index (χ2v) is 16.4. The van der Waals surface area contributed by atoms with Gasteiger partial charge in [0.05, 0.1) is 38.4 Å². The van der Waals surface area contributed by atoms with Crippen molar-refractivity contribution in [3.63, 3.8) is 0 Å². The van der Waals surface area contributed by atoms with E-state index in [0.717, 1.165) is 24.3 Å². The minimum absolute atomic E-state index is 0. The van der Waals surface area contributed by atoms with Crippen molar-refractivity contribution in [2.75, 3.05) is 23.0 Å². The molecule has 28 heteroatoms. The number of sulfone groups is 1. The fourth-order valence-electron chi connectivity index (χ4n) is 4.41. The Bertz CT molecular complexity index is 2680. The molecule has 0 spiro atoms. The second-order valence-electron chi connectivity index (χ2n) is 10.2. The zero-order valence-corrected chi connectivity index (χ0v) is 38.5. The molecule has 0 unspecified atom stereocenters. The second kappa shape index (κ2) is 19.7. The maximum absolute atomic E-state index is 12.5. The zero-order valence-electron chi connectivity index (χ0n) is 28.4. The van der Waals surface area contributed by atoms with Crippen molar-refractivity contribution in [2.45, 2.75) is 14.7 Å². The van der Waals surface area contributed by atoms with Crippen molar-refractivity contribution in [3.05, 3.63) is 78.1 Å². The summed E-state index contributed by atoms with van der Waals surface area (Å²) in [6.07, 6.45) is 0. The Morgan fingerprint density at radius 3 is 1.89 bits per heavy atom. The van der Waals surface area contributed by atoms with Gasteiger partial charge in [-0.25, -0.2) is 33.7 Å². The van der Waals surface area contributed by atoms with E-state index in [-0.39, 0.29) is 116 Å². The van der Waals surface area contributed by atoms with Crippen LogP contribution in [0.4, 0.5) is 34.6 Å². The van der Waals surface area contributed by atoms with Crippen molar-refractivity contribution in [2.24, 2.45) is 10.2 Å². The fourth-order valence-corrected chi connectivity index (χ4v) is 7.23. The average molecular weight is 882 g/mol. The molecule has 0 saturated heterocycles. The fraction of sp³-hybridized carbons (Fsp3) is 0.0741. The minimum atomic E-state index is -5.38. The van der Waals surface area contributed by atoms with E-state index in [9.17, 15) is 52.4 Å². The van der Waals surface area contributed by atoms with Gasteiger partial charge in [0, 0.05) is 11.1 Å². The molecule has 0 aliphatic heterocycles. The van der Waals surface area contributed by atoms with Crippen molar-refractivity contribution in [3.8, 4) is 5.75 Å². The molecule has 3 N–H and O–H groups in total. The third-order valence-electron chi connectivity index (χ3n) is 6.61. The van der Waals surface area contributed by atoms with Crippen LogP contribution in [0.2, 0.25) is 5.28 Å². The summed E-state index contributed by atoms with van der Waals surface area (Å²) < 4.78 is 133. The van der Waals surface area contributed by atoms with Gasteiger partial charge in [0.15, 0.2) is 15.6 Å². The number of benzene rings is 4. The van der Waals surface area contributed by atoms with E-state index in [1.807, 2.05) is 0 Å². The average Bonchev–Trinajstić information content (AvgIpc) is 3.03. The van der Waals surface area contributed by atoms with E-state index < -0.39 is 96.4 Å². The van der Waals surface area contributed by atoms with Gasteiger partial charge in [-0.15, -0.1) is 5.11 Å². The van der Waals surface area contributed by atoms with Crippen LogP contribution in [0.5, 0.6) is 5.75 Å². The van der Waals surface area contributed by atoms with Gasteiger partial charge >= 0.3 is 88.7 Å². The van der Waals surface area contributed by atoms with E-state index in [1.165, 1.54) is 24.3 Å². The molecule has 0 bridgehead atoms. The third-order valence-corrected chi connectivity index (χ3v) is 10.6. The summed E-state index contributed by atoms with van der Waals surface area (Å²) >= 11 is 6.07. The van der Waals surface area contributed by atoms with Gasteiger partial charge in [-0.1, -0.05) is 18.2 Å². The Morgan fingerprint density at radius 1 is 0.727 bits per heavy atom. The summed E-state index contributed by atoms with van der Waals surface area (Å²) in [6.45, 7) is -0.901. The topological polar surface area (TPSA) is 323 Å². The number of phenolic OH excluding ortho intramolecular Hbond substituents is 1. The molecular formula is C27H19ClN7Na3O13S4. The molecule has 0 atom stereocenters. The summed E-state index contributed by atoms with van der Waals surface area (Å²) in [5.41, 5.74) is -0.807. The monoisotopic (exact) mass is 881 g/mol. The van der Waals surface area contributed by atoms with Crippen molar-refractivity contribution < 1.29 is 145 Å². The first-order chi connectivity index (χ1) is 24.2. The molecule has 55 heavy (non-hydrogen) atoms. The molecule has 1 aromatic heterocycles. The number of nitrogens with zero attached hydrogens (tertiary/aromatic N) is 5. The van der Waals surface area contributed by atoms with Crippen LogP contribution >= 0.6 is 11.6 Å². The molecule has 5 rings (SSSR count). The first-order valence-corrected chi connectivity index (χ1v) is 20.0. The summed E-state index contributed by atoms with van der Waals surface area (Å²) in [5, 5.41) is 23.0. The molecule has 0 aliphatic rings. The van der Waals surface area contributed by atoms with Crippen LogP contribution in [0.25, 0.3) is 10.8 Å². The molecule has 0 radical (unpaired) electrons.